The van der Waals surface area contributed by atoms with E-state index in [1.54, 1.807) is 23.2 Å². The van der Waals surface area contributed by atoms with Gasteiger partial charge < -0.3 is 9.47 Å². The molecule has 2 saturated heterocycles. The first-order chi connectivity index (χ1) is 16.0. The van der Waals surface area contributed by atoms with Crippen LogP contribution < -0.4 is 5.43 Å². The normalized spacial score (nSPS) is 26.7. The maximum absolute atomic E-state index is 13.5. The predicted molar refractivity (Wildman–Crippen MR) is 134 cm³/mol. The fourth-order valence-corrected chi connectivity index (χ4v) is 7.61. The molecule has 186 valence electrons. The lowest BCUT2D eigenvalue weighted by Crippen LogP contribution is -2.44. The van der Waals surface area contributed by atoms with Gasteiger partial charge in [-0.1, -0.05) is 27.7 Å². The molecule has 0 N–H and O–H groups in total. The molecule has 8 heteroatoms. The molecule has 34 heavy (non-hydrogen) atoms. The van der Waals surface area contributed by atoms with E-state index in [-0.39, 0.29) is 33.6 Å². The minimum atomic E-state index is -3.73. The molecule has 2 aliphatic rings. The number of rotatable bonds is 4. The number of aryl methyl sites for hydroxylation is 1. The second kappa shape index (κ2) is 9.46. The van der Waals surface area contributed by atoms with Gasteiger partial charge in [0.15, 0.2) is 0 Å². The van der Waals surface area contributed by atoms with Gasteiger partial charge in [0, 0.05) is 44.3 Å². The Morgan fingerprint density at radius 3 is 2.06 bits per heavy atom. The molecule has 4 atom stereocenters. The third-order valence-corrected chi connectivity index (χ3v) is 9.08. The van der Waals surface area contributed by atoms with Gasteiger partial charge in [0.2, 0.25) is 15.5 Å². The van der Waals surface area contributed by atoms with Crippen LogP contribution in [0.5, 0.6) is 0 Å². The highest BCUT2D eigenvalue weighted by atomic mass is 32.2. The Hall–Kier alpha value is -2.19. The fourth-order valence-electron chi connectivity index (χ4n) is 5.90. The summed E-state index contributed by atoms with van der Waals surface area (Å²) in [4.78, 5) is 28.8. The van der Waals surface area contributed by atoms with E-state index in [1.165, 1.54) is 10.4 Å². The second-order valence-corrected chi connectivity index (χ2v) is 12.7. The van der Waals surface area contributed by atoms with Crippen molar-refractivity contribution in [3.63, 3.8) is 0 Å². The minimum absolute atomic E-state index is 0.116. The van der Waals surface area contributed by atoms with Crippen molar-refractivity contribution in [2.75, 3.05) is 26.2 Å². The number of carbonyl (C=O) groups is 1. The molecule has 2 aliphatic heterocycles. The Labute approximate surface area is 202 Å². The largest absolute Gasteiger partial charge is 0.347 e. The number of hydrogen-bond acceptors (Lipinski definition) is 4. The second-order valence-electron chi connectivity index (χ2n) is 10.8. The topological polar surface area (TPSA) is 79.7 Å². The monoisotopic (exact) mass is 487 g/mol. The highest BCUT2D eigenvalue weighted by Gasteiger charge is 2.33. The number of likely N-dealkylation sites (tertiary alicyclic amines) is 1. The number of carbonyl (C=O) groups excluding carboxylic acids is 1. The zero-order valence-corrected chi connectivity index (χ0v) is 21.8. The van der Waals surface area contributed by atoms with Crippen LogP contribution in [0.2, 0.25) is 0 Å². The number of pyridine rings is 1. The van der Waals surface area contributed by atoms with E-state index in [4.69, 9.17) is 0 Å². The number of piperidine rings is 2. The summed E-state index contributed by atoms with van der Waals surface area (Å²) in [6, 6.07) is 4.76. The van der Waals surface area contributed by atoms with Crippen molar-refractivity contribution in [3.8, 4) is 0 Å². The Balaban J connectivity index is 1.78. The molecule has 1 aromatic heterocycles. The van der Waals surface area contributed by atoms with E-state index < -0.39 is 15.5 Å². The Bertz CT molecular complexity index is 1230. The van der Waals surface area contributed by atoms with Gasteiger partial charge in [-0.25, -0.2) is 8.42 Å². The lowest BCUT2D eigenvalue weighted by Gasteiger charge is -2.35. The third kappa shape index (κ3) is 4.67. The molecule has 0 spiro atoms. The highest BCUT2D eigenvalue weighted by molar-refractivity contribution is 7.89. The zero-order chi connectivity index (χ0) is 24.8. The zero-order valence-electron chi connectivity index (χ0n) is 21.0. The minimum Gasteiger partial charge on any atom is -0.347 e. The summed E-state index contributed by atoms with van der Waals surface area (Å²) in [7, 11) is -3.73. The van der Waals surface area contributed by atoms with E-state index in [1.807, 2.05) is 11.5 Å². The standard InChI is InChI=1S/C26H37N3O4S/c1-6-27-16-23(26(31)28-12-17(2)9-18(3)13-28)25(30)22-11-21(7-8-24(22)27)34(32,33)29-14-19(4)10-20(5)15-29/h7-8,11,16-20H,6,9-10,12-15H2,1-5H3. The molecule has 0 aliphatic carbocycles. The van der Waals surface area contributed by atoms with Crippen LogP contribution in [0.25, 0.3) is 10.9 Å². The van der Waals surface area contributed by atoms with Gasteiger partial charge in [-0.05, 0) is 61.6 Å². The van der Waals surface area contributed by atoms with Crippen LogP contribution in [-0.4, -0.2) is 54.3 Å². The lowest BCUT2D eigenvalue weighted by molar-refractivity contribution is 0.0621. The summed E-state index contributed by atoms with van der Waals surface area (Å²) in [5, 5.41) is 0.282. The summed E-state index contributed by atoms with van der Waals surface area (Å²) >= 11 is 0. The van der Waals surface area contributed by atoms with Crippen molar-refractivity contribution in [2.45, 2.75) is 58.9 Å². The number of sulfonamides is 1. The number of fused-ring (bicyclic) bond motifs is 1. The van der Waals surface area contributed by atoms with Crippen LogP contribution in [0.4, 0.5) is 0 Å². The van der Waals surface area contributed by atoms with Crippen LogP contribution in [0.1, 0.15) is 57.8 Å². The van der Waals surface area contributed by atoms with Crippen LogP contribution in [0.15, 0.2) is 34.1 Å². The van der Waals surface area contributed by atoms with E-state index >= 15 is 0 Å². The number of benzene rings is 1. The summed E-state index contributed by atoms with van der Waals surface area (Å²) in [5.41, 5.74) is 0.363. The molecule has 0 radical (unpaired) electrons. The summed E-state index contributed by atoms with van der Waals surface area (Å²) < 4.78 is 30.3. The molecule has 1 amide bonds. The van der Waals surface area contributed by atoms with Gasteiger partial charge >= 0.3 is 0 Å². The number of aromatic nitrogens is 1. The average Bonchev–Trinajstić information content (AvgIpc) is 2.77. The number of amides is 1. The van der Waals surface area contributed by atoms with Gasteiger partial charge in [-0.3, -0.25) is 9.59 Å². The number of nitrogens with zero attached hydrogens (tertiary/aromatic N) is 3. The van der Waals surface area contributed by atoms with Gasteiger partial charge in [-0.2, -0.15) is 4.31 Å². The van der Waals surface area contributed by atoms with Gasteiger partial charge in [0.05, 0.1) is 10.4 Å². The van der Waals surface area contributed by atoms with Crippen LogP contribution in [-0.2, 0) is 16.6 Å². The molecular weight excluding hydrogens is 450 g/mol. The molecule has 2 fully saturated rings. The summed E-state index contributed by atoms with van der Waals surface area (Å²) in [6.07, 6.45) is 3.71. The van der Waals surface area contributed by atoms with Crippen LogP contribution in [0, 0.1) is 23.7 Å². The first-order valence-corrected chi connectivity index (χ1v) is 13.9. The predicted octanol–water partition coefficient (Wildman–Crippen LogP) is 3.81. The van der Waals surface area contributed by atoms with Crippen molar-refractivity contribution in [1.82, 2.24) is 13.8 Å². The maximum Gasteiger partial charge on any atom is 0.259 e. The van der Waals surface area contributed by atoms with Gasteiger partial charge in [-0.15, -0.1) is 0 Å². The van der Waals surface area contributed by atoms with Crippen molar-refractivity contribution in [2.24, 2.45) is 23.7 Å². The maximum atomic E-state index is 13.5. The average molecular weight is 488 g/mol. The van der Waals surface area contributed by atoms with E-state index in [0.717, 1.165) is 12.8 Å². The lowest BCUT2D eigenvalue weighted by atomic mass is 9.91. The third-order valence-electron chi connectivity index (χ3n) is 7.25. The van der Waals surface area contributed by atoms with E-state index in [9.17, 15) is 18.0 Å². The smallest absolute Gasteiger partial charge is 0.259 e. The van der Waals surface area contributed by atoms with Crippen molar-refractivity contribution in [3.05, 3.63) is 40.2 Å². The highest BCUT2D eigenvalue weighted by Crippen LogP contribution is 2.28. The first kappa shape index (κ1) is 24.9. The van der Waals surface area contributed by atoms with Gasteiger partial charge in [0.1, 0.15) is 5.56 Å². The Morgan fingerprint density at radius 2 is 1.50 bits per heavy atom. The SMILES string of the molecule is CCn1cc(C(=O)N2CC(C)CC(C)C2)c(=O)c2cc(S(=O)(=O)N3CC(C)CC(C)C3)ccc21. The Morgan fingerprint density at radius 1 is 0.941 bits per heavy atom. The molecule has 2 aromatic rings. The number of hydrogen-bond donors (Lipinski definition) is 0. The fraction of sp³-hybridized carbons (Fsp3) is 0.615. The van der Waals surface area contributed by atoms with Crippen molar-refractivity contribution < 1.29 is 13.2 Å². The van der Waals surface area contributed by atoms with Gasteiger partial charge in [0.25, 0.3) is 5.91 Å². The van der Waals surface area contributed by atoms with Crippen molar-refractivity contribution in [1.29, 1.82) is 0 Å². The molecule has 7 nitrogen and oxygen atoms in total. The molecule has 4 rings (SSSR count). The van der Waals surface area contributed by atoms with E-state index in [0.29, 0.717) is 50.1 Å². The molecule has 4 unspecified atom stereocenters. The van der Waals surface area contributed by atoms with Crippen LogP contribution >= 0.6 is 0 Å². The summed E-state index contributed by atoms with van der Waals surface area (Å²) in [6.45, 7) is 13.1. The molecule has 0 bridgehead atoms. The molecule has 3 heterocycles. The van der Waals surface area contributed by atoms with Crippen molar-refractivity contribution >= 4 is 26.8 Å². The van der Waals surface area contributed by atoms with Crippen LogP contribution in [0.3, 0.4) is 0 Å². The molecule has 0 saturated carbocycles. The quantitative estimate of drug-likeness (QED) is 0.657. The first-order valence-electron chi connectivity index (χ1n) is 12.5. The Kier molecular flexibility index (Phi) is 6.93. The summed E-state index contributed by atoms with van der Waals surface area (Å²) in [5.74, 6) is 1.07. The molecular formula is C26H37N3O4S. The van der Waals surface area contributed by atoms with E-state index in [2.05, 4.69) is 27.7 Å². The molecule has 1 aromatic carbocycles.